The maximum absolute atomic E-state index is 12.2. The zero-order valence-electron chi connectivity index (χ0n) is 14.3. The van der Waals surface area contributed by atoms with Gasteiger partial charge in [-0.15, -0.1) is 0 Å². The average molecular weight is 432 g/mol. The molecule has 0 bridgehead atoms. The highest BCUT2D eigenvalue weighted by Crippen LogP contribution is 2.23. The number of likely N-dealkylation sites (tertiary alicyclic amines) is 1. The number of amides is 1. The summed E-state index contributed by atoms with van der Waals surface area (Å²) in [4.78, 5) is 18.4. The minimum absolute atomic E-state index is 0.228. The number of piperidine rings is 1. The van der Waals surface area contributed by atoms with Crippen molar-refractivity contribution in [2.75, 3.05) is 19.7 Å². The van der Waals surface area contributed by atoms with Gasteiger partial charge >= 0.3 is 6.09 Å². The molecule has 1 fully saturated rings. The predicted molar refractivity (Wildman–Crippen MR) is 97.7 cm³/mol. The van der Waals surface area contributed by atoms with Crippen molar-refractivity contribution in [3.8, 4) is 5.75 Å². The van der Waals surface area contributed by atoms with Gasteiger partial charge in [-0.25, -0.2) is 9.78 Å². The molecule has 128 valence electrons. The number of halogens is 1. The number of pyridine rings is 1. The Morgan fingerprint density at radius 2 is 2.17 bits per heavy atom. The van der Waals surface area contributed by atoms with E-state index in [4.69, 9.17) is 9.47 Å². The second-order valence-electron chi connectivity index (χ2n) is 6.99. The lowest BCUT2D eigenvalue weighted by molar-refractivity contribution is 0.0139. The van der Waals surface area contributed by atoms with E-state index in [0.717, 1.165) is 34.5 Å². The third-order valence-electron chi connectivity index (χ3n) is 3.60. The molecule has 1 atom stereocenters. The summed E-state index contributed by atoms with van der Waals surface area (Å²) in [6.45, 7) is 9.68. The van der Waals surface area contributed by atoms with Gasteiger partial charge in [0.2, 0.25) is 0 Å². The Kier molecular flexibility index (Phi) is 6.11. The number of aromatic nitrogens is 1. The van der Waals surface area contributed by atoms with E-state index in [1.54, 1.807) is 4.90 Å². The summed E-state index contributed by atoms with van der Waals surface area (Å²) in [5, 5.41) is 0. The number of carbonyl (C=O) groups is 1. The molecule has 1 amide bonds. The van der Waals surface area contributed by atoms with E-state index in [2.05, 4.69) is 27.6 Å². The summed E-state index contributed by atoms with van der Waals surface area (Å²) >= 11 is 2.19. The molecule has 0 saturated carbocycles. The highest BCUT2D eigenvalue weighted by Gasteiger charge is 2.28. The van der Waals surface area contributed by atoms with E-state index >= 15 is 0 Å². The van der Waals surface area contributed by atoms with Crippen molar-refractivity contribution in [2.24, 2.45) is 5.92 Å². The van der Waals surface area contributed by atoms with Gasteiger partial charge in [0.05, 0.1) is 6.61 Å². The van der Waals surface area contributed by atoms with Gasteiger partial charge in [0.1, 0.15) is 9.30 Å². The number of nitrogens with zero attached hydrogens (tertiary/aromatic N) is 2. The van der Waals surface area contributed by atoms with E-state index in [0.29, 0.717) is 19.1 Å². The van der Waals surface area contributed by atoms with Crippen molar-refractivity contribution in [1.29, 1.82) is 0 Å². The third-order valence-corrected chi connectivity index (χ3v) is 4.37. The lowest BCUT2D eigenvalue weighted by atomic mass is 9.99. The molecule has 2 heterocycles. The second-order valence-corrected chi connectivity index (χ2v) is 8.01. The number of carbonyl (C=O) groups excluding carboxylic acids is 1. The Bertz CT molecular complexity index is 557. The summed E-state index contributed by atoms with van der Waals surface area (Å²) in [5.74, 6) is 1.14. The Labute approximate surface area is 151 Å². The first-order valence-corrected chi connectivity index (χ1v) is 9.06. The van der Waals surface area contributed by atoms with Gasteiger partial charge in [0, 0.05) is 24.7 Å². The minimum atomic E-state index is -0.454. The Hall–Kier alpha value is -1.05. The molecule has 2 rings (SSSR count). The normalized spacial score (nSPS) is 18.7. The van der Waals surface area contributed by atoms with E-state index in [1.165, 1.54) is 0 Å². The second kappa shape index (κ2) is 7.68. The van der Waals surface area contributed by atoms with Gasteiger partial charge in [0.25, 0.3) is 0 Å². The van der Waals surface area contributed by atoms with Gasteiger partial charge in [-0.1, -0.05) is 0 Å². The van der Waals surface area contributed by atoms with Gasteiger partial charge in [-0.05, 0) is 75.3 Å². The molecule has 0 radical (unpaired) electrons. The van der Waals surface area contributed by atoms with E-state index in [1.807, 2.05) is 39.8 Å². The molecular weight excluding hydrogens is 407 g/mol. The smallest absolute Gasteiger partial charge is 0.410 e. The van der Waals surface area contributed by atoms with E-state index in [-0.39, 0.29) is 6.09 Å². The summed E-state index contributed by atoms with van der Waals surface area (Å²) < 4.78 is 12.2. The Morgan fingerprint density at radius 1 is 1.43 bits per heavy atom. The van der Waals surface area contributed by atoms with Crippen LogP contribution in [0.4, 0.5) is 4.79 Å². The van der Waals surface area contributed by atoms with Crippen molar-refractivity contribution in [1.82, 2.24) is 9.88 Å². The van der Waals surface area contributed by atoms with Crippen molar-refractivity contribution in [2.45, 2.75) is 46.1 Å². The molecule has 6 heteroatoms. The molecular formula is C17H25IN2O3. The molecule has 0 N–H and O–H groups in total. The lowest BCUT2D eigenvalue weighted by Crippen LogP contribution is -2.44. The Balaban J connectivity index is 1.87. The molecule has 1 aromatic rings. The fourth-order valence-electron chi connectivity index (χ4n) is 2.52. The predicted octanol–water partition coefficient (Wildman–Crippen LogP) is 4.02. The SMILES string of the molecule is Cc1ccc(OCC2CCCN(C(=O)OC(C)(C)C)C2)c(I)n1. The van der Waals surface area contributed by atoms with Crippen molar-refractivity contribution >= 4 is 28.7 Å². The zero-order chi connectivity index (χ0) is 17.0. The highest BCUT2D eigenvalue weighted by atomic mass is 127. The van der Waals surface area contributed by atoms with Crippen LogP contribution >= 0.6 is 22.6 Å². The molecule has 1 aromatic heterocycles. The molecule has 23 heavy (non-hydrogen) atoms. The summed E-state index contributed by atoms with van der Waals surface area (Å²) in [6, 6.07) is 3.91. The van der Waals surface area contributed by atoms with Crippen LogP contribution in [0.3, 0.4) is 0 Å². The summed E-state index contributed by atoms with van der Waals surface area (Å²) in [6.07, 6.45) is 1.82. The van der Waals surface area contributed by atoms with Crippen LogP contribution < -0.4 is 4.74 Å². The van der Waals surface area contributed by atoms with Gasteiger partial charge in [0.15, 0.2) is 5.75 Å². The number of rotatable bonds is 3. The topological polar surface area (TPSA) is 51.7 Å². The molecule has 5 nitrogen and oxygen atoms in total. The fourth-order valence-corrected chi connectivity index (χ4v) is 3.24. The number of hydrogen-bond acceptors (Lipinski definition) is 4. The largest absolute Gasteiger partial charge is 0.490 e. The minimum Gasteiger partial charge on any atom is -0.490 e. The van der Waals surface area contributed by atoms with Crippen LogP contribution in [0.5, 0.6) is 5.75 Å². The molecule has 0 aromatic carbocycles. The van der Waals surface area contributed by atoms with Gasteiger partial charge < -0.3 is 14.4 Å². The van der Waals surface area contributed by atoms with Crippen LogP contribution in [-0.2, 0) is 4.74 Å². The first-order valence-electron chi connectivity index (χ1n) is 7.98. The van der Waals surface area contributed by atoms with Crippen LogP contribution in [0.1, 0.15) is 39.3 Å². The highest BCUT2D eigenvalue weighted by molar-refractivity contribution is 14.1. The van der Waals surface area contributed by atoms with Gasteiger partial charge in [-0.3, -0.25) is 0 Å². The Morgan fingerprint density at radius 3 is 2.83 bits per heavy atom. The number of aryl methyl sites for hydroxylation is 1. The van der Waals surface area contributed by atoms with Crippen LogP contribution in [-0.4, -0.2) is 41.3 Å². The van der Waals surface area contributed by atoms with Crippen molar-refractivity contribution in [3.63, 3.8) is 0 Å². The molecule has 0 aliphatic carbocycles. The molecule has 1 aliphatic heterocycles. The third kappa shape index (κ3) is 5.82. The monoisotopic (exact) mass is 432 g/mol. The van der Waals surface area contributed by atoms with Gasteiger partial charge in [-0.2, -0.15) is 0 Å². The molecule has 1 saturated heterocycles. The maximum Gasteiger partial charge on any atom is 0.410 e. The molecule has 1 aliphatic rings. The van der Waals surface area contributed by atoms with Crippen LogP contribution in [0.25, 0.3) is 0 Å². The maximum atomic E-state index is 12.2. The van der Waals surface area contributed by atoms with E-state index in [9.17, 15) is 4.79 Å². The summed E-state index contributed by atoms with van der Waals surface area (Å²) in [5.41, 5.74) is 0.528. The number of hydrogen-bond donors (Lipinski definition) is 0. The summed E-state index contributed by atoms with van der Waals surface area (Å²) in [7, 11) is 0. The number of ether oxygens (including phenoxy) is 2. The first-order chi connectivity index (χ1) is 10.7. The molecule has 1 unspecified atom stereocenters. The van der Waals surface area contributed by atoms with Crippen LogP contribution in [0.2, 0.25) is 0 Å². The average Bonchev–Trinajstić information content (AvgIpc) is 2.45. The van der Waals surface area contributed by atoms with Crippen molar-refractivity contribution in [3.05, 3.63) is 21.5 Å². The lowest BCUT2D eigenvalue weighted by Gasteiger charge is -2.34. The van der Waals surface area contributed by atoms with Crippen LogP contribution in [0.15, 0.2) is 12.1 Å². The zero-order valence-corrected chi connectivity index (χ0v) is 16.4. The molecule has 0 spiro atoms. The fraction of sp³-hybridized carbons (Fsp3) is 0.647. The van der Waals surface area contributed by atoms with Crippen molar-refractivity contribution < 1.29 is 14.3 Å². The first kappa shape index (κ1) is 18.3. The van der Waals surface area contributed by atoms with E-state index < -0.39 is 5.60 Å². The quantitative estimate of drug-likeness (QED) is 0.535. The standard InChI is InChI=1S/C17H25IN2O3/c1-12-7-8-14(15(18)19-12)22-11-13-6-5-9-20(10-13)16(21)23-17(2,3)4/h7-8,13H,5-6,9-11H2,1-4H3. The van der Waals surface area contributed by atoms with Crippen LogP contribution in [0, 0.1) is 16.5 Å².